The third-order valence-electron chi connectivity index (χ3n) is 10.3. The average Bonchev–Trinajstić information content (AvgIpc) is 3.11. The molecule has 2 fully saturated rings. The van der Waals surface area contributed by atoms with Crippen molar-refractivity contribution in [3.05, 3.63) is 34.9 Å². The molecule has 0 aromatic carbocycles. The summed E-state index contributed by atoms with van der Waals surface area (Å²) in [7, 11) is 0. The SMILES string of the molecule is CCC(O)(CC)CCC[C@@H](C)C1=CCC2C3=CC=C4C[C@@H](O)CC[C@]4(C)C3CC[C@]12C. The van der Waals surface area contributed by atoms with E-state index >= 15 is 0 Å². The molecule has 0 heterocycles. The average molecular weight is 427 g/mol. The molecule has 2 nitrogen and oxygen atoms in total. The van der Waals surface area contributed by atoms with E-state index in [0.717, 1.165) is 44.9 Å². The lowest BCUT2D eigenvalue weighted by Gasteiger charge is -2.54. The van der Waals surface area contributed by atoms with Crippen LogP contribution < -0.4 is 0 Å². The predicted molar refractivity (Wildman–Crippen MR) is 130 cm³/mol. The van der Waals surface area contributed by atoms with Crippen molar-refractivity contribution in [2.24, 2.45) is 28.6 Å². The molecule has 174 valence electrons. The number of allylic oxidation sites excluding steroid dienone is 5. The van der Waals surface area contributed by atoms with Gasteiger partial charge in [0, 0.05) is 0 Å². The molecule has 0 bridgehead atoms. The van der Waals surface area contributed by atoms with E-state index in [2.05, 4.69) is 52.8 Å². The fourth-order valence-corrected chi connectivity index (χ4v) is 7.86. The van der Waals surface area contributed by atoms with Gasteiger partial charge in [-0.15, -0.1) is 0 Å². The van der Waals surface area contributed by atoms with Crippen LogP contribution in [0.3, 0.4) is 0 Å². The van der Waals surface area contributed by atoms with Crippen molar-refractivity contribution >= 4 is 0 Å². The third-order valence-corrected chi connectivity index (χ3v) is 10.3. The van der Waals surface area contributed by atoms with Gasteiger partial charge in [-0.25, -0.2) is 0 Å². The lowest BCUT2D eigenvalue weighted by Crippen LogP contribution is -2.45. The van der Waals surface area contributed by atoms with Crippen molar-refractivity contribution in [1.29, 1.82) is 0 Å². The van der Waals surface area contributed by atoms with Crippen molar-refractivity contribution in [1.82, 2.24) is 0 Å². The first-order valence-corrected chi connectivity index (χ1v) is 13.2. The third kappa shape index (κ3) is 3.90. The van der Waals surface area contributed by atoms with Crippen LogP contribution in [0, 0.1) is 28.6 Å². The van der Waals surface area contributed by atoms with Crippen molar-refractivity contribution < 1.29 is 10.2 Å². The van der Waals surface area contributed by atoms with Crippen LogP contribution in [-0.4, -0.2) is 21.9 Å². The first kappa shape index (κ1) is 23.3. The fraction of sp³-hybridized carbons (Fsp3) is 0.793. The zero-order chi connectivity index (χ0) is 22.4. The van der Waals surface area contributed by atoms with Crippen LogP contribution >= 0.6 is 0 Å². The standard InChI is InChI=1S/C29H46O2/c1-6-29(31,7-2)16-8-9-20(3)24-12-13-25-23-11-10-21-19-22(30)14-17-27(21,4)26(23)15-18-28(24,25)5/h10-12,20,22,25-26,30-31H,6-9,13-19H2,1-5H3/t20-,22+,25?,26?,27+,28-/m1/s1. The molecule has 4 aliphatic rings. The van der Waals surface area contributed by atoms with E-state index in [4.69, 9.17) is 0 Å². The van der Waals surface area contributed by atoms with Gasteiger partial charge in [0.25, 0.3) is 0 Å². The maximum absolute atomic E-state index is 10.7. The summed E-state index contributed by atoms with van der Waals surface area (Å²) in [6, 6.07) is 0. The van der Waals surface area contributed by atoms with Gasteiger partial charge in [0.15, 0.2) is 0 Å². The predicted octanol–water partition coefficient (Wildman–Crippen LogP) is 7.12. The minimum Gasteiger partial charge on any atom is -0.393 e. The number of aliphatic hydroxyl groups excluding tert-OH is 1. The Morgan fingerprint density at radius 2 is 1.77 bits per heavy atom. The Kier molecular flexibility index (Phi) is 6.38. The Balaban J connectivity index is 1.47. The monoisotopic (exact) mass is 426 g/mol. The smallest absolute Gasteiger partial charge is 0.0642 e. The van der Waals surface area contributed by atoms with Gasteiger partial charge in [0.1, 0.15) is 0 Å². The second-order valence-electron chi connectivity index (χ2n) is 11.9. The van der Waals surface area contributed by atoms with Crippen LogP contribution in [-0.2, 0) is 0 Å². The maximum atomic E-state index is 10.7. The normalized spacial score (nSPS) is 38.4. The maximum Gasteiger partial charge on any atom is 0.0642 e. The van der Waals surface area contributed by atoms with Crippen molar-refractivity contribution in [2.45, 2.75) is 117 Å². The first-order chi connectivity index (χ1) is 14.7. The van der Waals surface area contributed by atoms with Crippen LogP contribution in [0.4, 0.5) is 0 Å². The van der Waals surface area contributed by atoms with E-state index in [0.29, 0.717) is 23.2 Å². The molecular weight excluding hydrogens is 380 g/mol. The van der Waals surface area contributed by atoms with Gasteiger partial charge in [0.05, 0.1) is 11.7 Å². The molecule has 6 atom stereocenters. The summed E-state index contributed by atoms with van der Waals surface area (Å²) in [5.41, 5.74) is 5.03. The molecule has 2 unspecified atom stereocenters. The fourth-order valence-electron chi connectivity index (χ4n) is 7.86. The molecule has 4 rings (SSSR count). The lowest BCUT2D eigenvalue weighted by molar-refractivity contribution is 0.0203. The number of hydrogen-bond donors (Lipinski definition) is 2. The van der Waals surface area contributed by atoms with E-state index in [1.165, 1.54) is 31.3 Å². The number of aliphatic hydroxyl groups is 2. The van der Waals surface area contributed by atoms with Gasteiger partial charge in [-0.2, -0.15) is 0 Å². The summed E-state index contributed by atoms with van der Waals surface area (Å²) in [5.74, 6) is 1.94. The van der Waals surface area contributed by atoms with E-state index in [1.54, 1.807) is 11.1 Å². The molecular formula is C29H46O2. The molecule has 0 aromatic rings. The van der Waals surface area contributed by atoms with Crippen molar-refractivity contribution in [3.63, 3.8) is 0 Å². The first-order valence-electron chi connectivity index (χ1n) is 13.2. The minimum absolute atomic E-state index is 0.137. The molecule has 31 heavy (non-hydrogen) atoms. The summed E-state index contributed by atoms with van der Waals surface area (Å²) < 4.78 is 0. The zero-order valence-electron chi connectivity index (χ0n) is 20.7. The Morgan fingerprint density at radius 1 is 1.06 bits per heavy atom. The van der Waals surface area contributed by atoms with Gasteiger partial charge in [-0.3, -0.25) is 0 Å². The van der Waals surface area contributed by atoms with E-state index in [-0.39, 0.29) is 11.5 Å². The summed E-state index contributed by atoms with van der Waals surface area (Å²) in [6.07, 6.45) is 19.0. The molecule has 0 amide bonds. The minimum atomic E-state index is -0.464. The number of rotatable bonds is 7. The van der Waals surface area contributed by atoms with E-state index in [1.807, 2.05) is 0 Å². The van der Waals surface area contributed by atoms with E-state index in [9.17, 15) is 10.2 Å². The van der Waals surface area contributed by atoms with Crippen molar-refractivity contribution in [2.75, 3.05) is 0 Å². The molecule has 2 heteroatoms. The molecule has 2 saturated carbocycles. The van der Waals surface area contributed by atoms with Crippen LogP contribution in [0.2, 0.25) is 0 Å². The van der Waals surface area contributed by atoms with Crippen LogP contribution in [0.5, 0.6) is 0 Å². The molecule has 0 radical (unpaired) electrons. The lowest BCUT2D eigenvalue weighted by atomic mass is 9.50. The van der Waals surface area contributed by atoms with Crippen LogP contribution in [0.15, 0.2) is 34.9 Å². The highest BCUT2D eigenvalue weighted by Crippen LogP contribution is 2.64. The zero-order valence-corrected chi connectivity index (χ0v) is 20.7. The quantitative estimate of drug-likeness (QED) is 0.425. The van der Waals surface area contributed by atoms with Gasteiger partial charge >= 0.3 is 0 Å². The second-order valence-corrected chi connectivity index (χ2v) is 11.9. The summed E-state index contributed by atoms with van der Waals surface area (Å²) in [5, 5.41) is 20.9. The molecule has 0 spiro atoms. The van der Waals surface area contributed by atoms with Gasteiger partial charge in [-0.05, 0) is 92.8 Å². The Morgan fingerprint density at radius 3 is 2.48 bits per heavy atom. The number of hydrogen-bond acceptors (Lipinski definition) is 2. The Labute approximate surface area is 190 Å². The van der Waals surface area contributed by atoms with Crippen LogP contribution in [0.25, 0.3) is 0 Å². The highest BCUT2D eigenvalue weighted by molar-refractivity contribution is 5.42. The van der Waals surface area contributed by atoms with Gasteiger partial charge < -0.3 is 10.2 Å². The van der Waals surface area contributed by atoms with Crippen LogP contribution in [0.1, 0.15) is 105 Å². The van der Waals surface area contributed by atoms with Crippen molar-refractivity contribution in [3.8, 4) is 0 Å². The summed E-state index contributed by atoms with van der Waals surface area (Å²) >= 11 is 0. The topological polar surface area (TPSA) is 40.5 Å². The summed E-state index contributed by atoms with van der Waals surface area (Å²) in [4.78, 5) is 0. The highest BCUT2D eigenvalue weighted by atomic mass is 16.3. The molecule has 0 saturated heterocycles. The molecule has 4 aliphatic carbocycles. The molecule has 0 aliphatic heterocycles. The molecule has 0 aromatic heterocycles. The summed E-state index contributed by atoms with van der Waals surface area (Å²) in [6.45, 7) is 11.7. The highest BCUT2D eigenvalue weighted by Gasteiger charge is 2.54. The van der Waals surface area contributed by atoms with E-state index < -0.39 is 5.60 Å². The second kappa shape index (κ2) is 8.49. The van der Waals surface area contributed by atoms with Gasteiger partial charge in [-0.1, -0.05) is 76.0 Å². The van der Waals surface area contributed by atoms with Gasteiger partial charge in [0.2, 0.25) is 0 Å². The number of fused-ring (bicyclic) bond motifs is 5. The Bertz CT molecular complexity index is 770. The largest absolute Gasteiger partial charge is 0.393 e. The Hall–Kier alpha value is -0.860. The molecule has 2 N–H and O–H groups in total.